The van der Waals surface area contributed by atoms with Gasteiger partial charge in [-0.25, -0.2) is 0 Å². The second kappa shape index (κ2) is 6.30. The van der Waals surface area contributed by atoms with E-state index in [1.54, 1.807) is 12.1 Å². The summed E-state index contributed by atoms with van der Waals surface area (Å²) < 4.78 is 32.9. The van der Waals surface area contributed by atoms with Crippen molar-refractivity contribution in [1.29, 1.82) is 0 Å². The van der Waals surface area contributed by atoms with Crippen LogP contribution in [0.3, 0.4) is 0 Å². The Labute approximate surface area is 152 Å². The van der Waals surface area contributed by atoms with Crippen molar-refractivity contribution >= 4 is 26.8 Å². The molecule has 0 amide bonds. The van der Waals surface area contributed by atoms with E-state index in [0.717, 1.165) is 30.4 Å². The molecule has 3 N–H and O–H groups in total. The minimum Gasteiger partial charge on any atom is -0.507 e. The van der Waals surface area contributed by atoms with Crippen LogP contribution < -0.4 is 4.72 Å². The molecule has 5 nitrogen and oxygen atoms in total. The van der Waals surface area contributed by atoms with Gasteiger partial charge >= 0.3 is 10.3 Å². The zero-order valence-electron chi connectivity index (χ0n) is 14.1. The monoisotopic (exact) mass is 369 g/mol. The van der Waals surface area contributed by atoms with Crippen LogP contribution in [0.25, 0.3) is 21.9 Å². The van der Waals surface area contributed by atoms with Gasteiger partial charge in [0.15, 0.2) is 0 Å². The normalized spacial score (nSPS) is 14.2. The zero-order valence-corrected chi connectivity index (χ0v) is 14.9. The molecular weight excluding hydrogens is 350 g/mol. The average Bonchev–Trinajstić information content (AvgIpc) is 2.60. The summed E-state index contributed by atoms with van der Waals surface area (Å²) in [7, 11) is -4.33. The first-order valence-corrected chi connectivity index (χ1v) is 9.98. The number of phenols is 1. The lowest BCUT2D eigenvalue weighted by Gasteiger charge is -2.20. The van der Waals surface area contributed by atoms with Gasteiger partial charge in [-0.2, -0.15) is 8.42 Å². The molecule has 0 fully saturated rings. The van der Waals surface area contributed by atoms with E-state index in [-0.39, 0.29) is 11.4 Å². The van der Waals surface area contributed by atoms with Gasteiger partial charge in [0, 0.05) is 10.9 Å². The molecule has 0 bridgehead atoms. The number of hydrogen-bond acceptors (Lipinski definition) is 3. The standard InChI is InChI=1S/C20H19NO4S/c22-20-17-11-9-15(21-26(23,24)25)12-14(17)8-10-19(20)18-7-3-5-13-4-1-2-6-16(13)18/h3,5,7-12,21-22H,1-2,4,6H2,(H,23,24,25). The fourth-order valence-electron chi connectivity index (χ4n) is 3.78. The van der Waals surface area contributed by atoms with Crippen LogP contribution in [0.4, 0.5) is 5.69 Å². The number of hydrogen-bond donors (Lipinski definition) is 3. The van der Waals surface area contributed by atoms with Crippen molar-refractivity contribution in [2.24, 2.45) is 0 Å². The summed E-state index contributed by atoms with van der Waals surface area (Å²) in [4.78, 5) is 0. The number of anilines is 1. The SMILES string of the molecule is O=S(=O)(O)Nc1ccc2c(O)c(-c3cccc4c3CCCC4)ccc2c1. The lowest BCUT2D eigenvalue weighted by atomic mass is 9.85. The van der Waals surface area contributed by atoms with E-state index in [0.29, 0.717) is 10.8 Å². The number of rotatable bonds is 3. The van der Waals surface area contributed by atoms with Crippen LogP contribution in [0, 0.1) is 0 Å². The second-order valence-electron chi connectivity index (χ2n) is 6.63. The van der Waals surface area contributed by atoms with Crippen LogP contribution in [0.2, 0.25) is 0 Å². The molecule has 26 heavy (non-hydrogen) atoms. The molecule has 0 unspecified atom stereocenters. The lowest BCUT2D eigenvalue weighted by molar-refractivity contribution is 0.483. The smallest absolute Gasteiger partial charge is 0.357 e. The van der Waals surface area contributed by atoms with Crippen molar-refractivity contribution in [3.63, 3.8) is 0 Å². The molecule has 1 aliphatic carbocycles. The largest absolute Gasteiger partial charge is 0.507 e. The van der Waals surface area contributed by atoms with Gasteiger partial charge in [0.1, 0.15) is 5.75 Å². The molecule has 0 radical (unpaired) electrons. The molecule has 0 heterocycles. The molecule has 134 valence electrons. The molecule has 3 aromatic rings. The van der Waals surface area contributed by atoms with Crippen molar-refractivity contribution in [1.82, 2.24) is 0 Å². The molecule has 6 heteroatoms. The van der Waals surface area contributed by atoms with E-state index in [1.165, 1.54) is 23.6 Å². The van der Waals surface area contributed by atoms with Gasteiger partial charge in [0.25, 0.3) is 0 Å². The molecule has 0 atom stereocenters. The highest BCUT2D eigenvalue weighted by molar-refractivity contribution is 7.87. The van der Waals surface area contributed by atoms with E-state index in [4.69, 9.17) is 4.55 Å². The second-order valence-corrected chi connectivity index (χ2v) is 7.78. The van der Waals surface area contributed by atoms with Crippen molar-refractivity contribution in [2.75, 3.05) is 4.72 Å². The van der Waals surface area contributed by atoms with Crippen molar-refractivity contribution in [3.05, 3.63) is 59.7 Å². The highest BCUT2D eigenvalue weighted by atomic mass is 32.2. The van der Waals surface area contributed by atoms with E-state index < -0.39 is 10.3 Å². The Hall–Kier alpha value is -2.57. The number of benzene rings is 3. The topological polar surface area (TPSA) is 86.6 Å². The quantitative estimate of drug-likeness (QED) is 0.601. The molecule has 4 rings (SSSR count). The fourth-order valence-corrected chi connectivity index (χ4v) is 4.20. The Morgan fingerprint density at radius 3 is 2.54 bits per heavy atom. The number of aromatic hydroxyl groups is 1. The van der Waals surface area contributed by atoms with Crippen molar-refractivity contribution < 1.29 is 18.1 Å². The number of aryl methyl sites for hydroxylation is 1. The maximum Gasteiger partial charge on any atom is 0.357 e. The number of nitrogens with one attached hydrogen (secondary N) is 1. The first kappa shape index (κ1) is 16.9. The lowest BCUT2D eigenvalue weighted by Crippen LogP contribution is -2.10. The molecule has 0 spiro atoms. The van der Waals surface area contributed by atoms with Crippen molar-refractivity contribution in [3.8, 4) is 16.9 Å². The van der Waals surface area contributed by atoms with Crippen molar-refractivity contribution in [2.45, 2.75) is 25.7 Å². The summed E-state index contributed by atoms with van der Waals surface area (Å²) in [6.45, 7) is 0. The molecule has 0 saturated heterocycles. The van der Waals surface area contributed by atoms with E-state index in [9.17, 15) is 13.5 Å². The van der Waals surface area contributed by atoms with Gasteiger partial charge in [-0.3, -0.25) is 9.27 Å². The van der Waals surface area contributed by atoms with E-state index >= 15 is 0 Å². The van der Waals surface area contributed by atoms with Crippen LogP contribution in [-0.2, 0) is 23.1 Å². The maximum atomic E-state index is 11.0. The summed E-state index contributed by atoms with van der Waals surface area (Å²) in [5, 5.41) is 12.2. The van der Waals surface area contributed by atoms with Crippen LogP contribution in [-0.4, -0.2) is 18.1 Å². The summed E-state index contributed by atoms with van der Waals surface area (Å²) in [6.07, 6.45) is 4.44. The first-order chi connectivity index (χ1) is 12.4. The number of fused-ring (bicyclic) bond motifs is 2. The molecule has 3 aromatic carbocycles. The molecule has 0 aromatic heterocycles. The van der Waals surface area contributed by atoms with Gasteiger partial charge in [-0.1, -0.05) is 30.3 Å². The van der Waals surface area contributed by atoms with Crippen LogP contribution >= 0.6 is 0 Å². The molecule has 0 saturated carbocycles. The summed E-state index contributed by atoms with van der Waals surface area (Å²) in [5.74, 6) is 0.180. The zero-order chi connectivity index (χ0) is 18.3. The average molecular weight is 369 g/mol. The third-order valence-electron chi connectivity index (χ3n) is 4.92. The third kappa shape index (κ3) is 3.13. The van der Waals surface area contributed by atoms with E-state index in [2.05, 4.69) is 6.07 Å². The van der Waals surface area contributed by atoms with Gasteiger partial charge in [-0.15, -0.1) is 0 Å². The molecule has 0 aliphatic heterocycles. The van der Waals surface area contributed by atoms with Crippen LogP contribution in [0.5, 0.6) is 5.75 Å². The Kier molecular flexibility index (Phi) is 4.09. The highest BCUT2D eigenvalue weighted by Gasteiger charge is 2.17. The summed E-state index contributed by atoms with van der Waals surface area (Å²) >= 11 is 0. The Balaban J connectivity index is 1.83. The predicted octanol–water partition coefficient (Wildman–Crippen LogP) is 4.31. The maximum absolute atomic E-state index is 11.0. The Morgan fingerprint density at radius 2 is 1.73 bits per heavy atom. The highest BCUT2D eigenvalue weighted by Crippen LogP contribution is 2.40. The minimum atomic E-state index is -4.33. The van der Waals surface area contributed by atoms with Gasteiger partial charge < -0.3 is 5.11 Å². The molecular formula is C20H19NO4S. The number of phenolic OH excluding ortho intramolecular Hbond substituents is 1. The van der Waals surface area contributed by atoms with Crippen LogP contribution in [0.1, 0.15) is 24.0 Å². The fraction of sp³-hybridized carbons (Fsp3) is 0.200. The van der Waals surface area contributed by atoms with E-state index in [1.807, 2.05) is 29.0 Å². The van der Waals surface area contributed by atoms with Crippen LogP contribution in [0.15, 0.2) is 48.5 Å². The van der Waals surface area contributed by atoms with Gasteiger partial charge in [0.05, 0.1) is 5.69 Å². The third-order valence-corrected chi connectivity index (χ3v) is 5.42. The molecule has 1 aliphatic rings. The van der Waals surface area contributed by atoms with Gasteiger partial charge in [0.2, 0.25) is 0 Å². The first-order valence-electron chi connectivity index (χ1n) is 8.54. The summed E-state index contributed by atoms with van der Waals surface area (Å²) in [5.41, 5.74) is 4.73. The minimum absolute atomic E-state index is 0.180. The summed E-state index contributed by atoms with van der Waals surface area (Å²) in [6, 6.07) is 14.7. The van der Waals surface area contributed by atoms with Gasteiger partial charge in [-0.05, 0) is 66.0 Å². The Morgan fingerprint density at radius 1 is 0.923 bits per heavy atom. The Bertz CT molecular complexity index is 1110. The predicted molar refractivity (Wildman–Crippen MR) is 103 cm³/mol.